The van der Waals surface area contributed by atoms with Gasteiger partial charge < -0.3 is 15.5 Å². The molecule has 0 aromatic heterocycles. The third kappa shape index (κ3) is 2.23. The molecular weight excluding hydrogens is 186 g/mol. The molecule has 1 aromatic carbocycles. The molecular formula is C12H19N3. The van der Waals surface area contributed by atoms with Crippen molar-refractivity contribution in [2.75, 3.05) is 43.9 Å². The summed E-state index contributed by atoms with van der Waals surface area (Å²) in [5, 5.41) is 0. The zero-order valence-electron chi connectivity index (χ0n) is 9.53. The highest BCUT2D eigenvalue weighted by molar-refractivity contribution is 5.61. The van der Waals surface area contributed by atoms with Crippen LogP contribution < -0.4 is 10.6 Å². The molecule has 0 atom stereocenters. The van der Waals surface area contributed by atoms with Gasteiger partial charge in [-0.1, -0.05) is 6.07 Å². The van der Waals surface area contributed by atoms with E-state index in [9.17, 15) is 0 Å². The van der Waals surface area contributed by atoms with E-state index in [1.54, 1.807) is 0 Å². The third-order valence-corrected chi connectivity index (χ3v) is 3.08. The van der Waals surface area contributed by atoms with Gasteiger partial charge in [-0.05, 0) is 31.7 Å². The van der Waals surface area contributed by atoms with Crippen LogP contribution >= 0.6 is 0 Å². The molecule has 0 amide bonds. The van der Waals surface area contributed by atoms with Gasteiger partial charge in [0.25, 0.3) is 0 Å². The molecule has 2 rings (SSSR count). The lowest BCUT2D eigenvalue weighted by Gasteiger charge is -2.35. The fourth-order valence-electron chi connectivity index (χ4n) is 2.01. The Hall–Kier alpha value is -1.22. The lowest BCUT2D eigenvalue weighted by Crippen LogP contribution is -2.44. The first-order valence-electron chi connectivity index (χ1n) is 5.46. The molecule has 0 aliphatic carbocycles. The van der Waals surface area contributed by atoms with Crippen molar-refractivity contribution >= 4 is 11.4 Å². The van der Waals surface area contributed by atoms with Gasteiger partial charge in [-0.2, -0.15) is 0 Å². The molecule has 0 saturated carbocycles. The van der Waals surface area contributed by atoms with E-state index in [1.807, 2.05) is 6.07 Å². The van der Waals surface area contributed by atoms with Gasteiger partial charge in [-0.15, -0.1) is 0 Å². The topological polar surface area (TPSA) is 32.5 Å². The summed E-state index contributed by atoms with van der Waals surface area (Å²) < 4.78 is 0. The van der Waals surface area contributed by atoms with Crippen LogP contribution in [-0.2, 0) is 0 Å². The Kier molecular flexibility index (Phi) is 2.82. The maximum Gasteiger partial charge on any atom is 0.0417 e. The number of nitrogens with two attached hydrogens (primary N) is 1. The summed E-state index contributed by atoms with van der Waals surface area (Å²) in [5.74, 6) is 0. The van der Waals surface area contributed by atoms with Crippen molar-refractivity contribution in [3.05, 3.63) is 23.8 Å². The first-order chi connectivity index (χ1) is 7.16. The molecule has 1 aliphatic heterocycles. The van der Waals surface area contributed by atoms with E-state index in [-0.39, 0.29) is 0 Å². The van der Waals surface area contributed by atoms with Crippen LogP contribution in [0.4, 0.5) is 11.4 Å². The fraction of sp³-hybridized carbons (Fsp3) is 0.500. The number of likely N-dealkylation sites (N-methyl/N-ethyl adjacent to an activating group) is 1. The number of anilines is 2. The highest BCUT2D eigenvalue weighted by Gasteiger charge is 2.15. The van der Waals surface area contributed by atoms with Gasteiger partial charge in [0.15, 0.2) is 0 Å². The average Bonchev–Trinajstić information content (AvgIpc) is 2.23. The van der Waals surface area contributed by atoms with Crippen LogP contribution in [0.25, 0.3) is 0 Å². The van der Waals surface area contributed by atoms with Gasteiger partial charge >= 0.3 is 0 Å². The van der Waals surface area contributed by atoms with Crippen LogP contribution in [0.5, 0.6) is 0 Å². The van der Waals surface area contributed by atoms with Crippen LogP contribution in [0.3, 0.4) is 0 Å². The minimum absolute atomic E-state index is 0.856. The van der Waals surface area contributed by atoms with Crippen LogP contribution in [0, 0.1) is 6.92 Å². The molecule has 1 aliphatic rings. The van der Waals surface area contributed by atoms with E-state index in [0.29, 0.717) is 0 Å². The van der Waals surface area contributed by atoms with Crippen molar-refractivity contribution in [2.45, 2.75) is 6.92 Å². The van der Waals surface area contributed by atoms with Crippen molar-refractivity contribution in [3.63, 3.8) is 0 Å². The number of aryl methyl sites for hydroxylation is 1. The highest BCUT2D eigenvalue weighted by Crippen LogP contribution is 2.23. The van der Waals surface area contributed by atoms with Crippen LogP contribution in [-0.4, -0.2) is 38.1 Å². The molecule has 0 unspecified atom stereocenters. The first-order valence-corrected chi connectivity index (χ1v) is 5.46. The van der Waals surface area contributed by atoms with E-state index in [4.69, 9.17) is 5.73 Å². The minimum atomic E-state index is 0.856. The largest absolute Gasteiger partial charge is 0.399 e. The number of rotatable bonds is 1. The molecule has 0 spiro atoms. The molecule has 0 radical (unpaired) electrons. The molecule has 3 heteroatoms. The maximum atomic E-state index is 5.82. The van der Waals surface area contributed by atoms with Gasteiger partial charge in [0.05, 0.1) is 0 Å². The van der Waals surface area contributed by atoms with E-state index >= 15 is 0 Å². The molecule has 1 heterocycles. The Labute approximate surface area is 91.5 Å². The summed E-state index contributed by atoms with van der Waals surface area (Å²) in [6.45, 7) is 6.61. The quantitative estimate of drug-likeness (QED) is 0.702. The van der Waals surface area contributed by atoms with E-state index in [1.165, 1.54) is 11.3 Å². The second-order valence-corrected chi connectivity index (χ2v) is 4.34. The molecule has 0 bridgehead atoms. The summed E-state index contributed by atoms with van der Waals surface area (Å²) in [5.41, 5.74) is 9.29. The predicted molar refractivity (Wildman–Crippen MR) is 65.3 cm³/mol. The van der Waals surface area contributed by atoms with Gasteiger partial charge in [-0.25, -0.2) is 0 Å². The van der Waals surface area contributed by atoms with Crippen molar-refractivity contribution in [2.24, 2.45) is 0 Å². The molecule has 3 nitrogen and oxygen atoms in total. The monoisotopic (exact) mass is 205 g/mol. The molecule has 1 saturated heterocycles. The van der Waals surface area contributed by atoms with Gasteiger partial charge in [0.2, 0.25) is 0 Å². The van der Waals surface area contributed by atoms with Crippen LogP contribution in [0.2, 0.25) is 0 Å². The van der Waals surface area contributed by atoms with E-state index < -0.39 is 0 Å². The number of nitrogen functional groups attached to an aromatic ring is 1. The van der Waals surface area contributed by atoms with Crippen LogP contribution in [0.15, 0.2) is 18.2 Å². The Morgan fingerprint density at radius 1 is 1.13 bits per heavy atom. The zero-order valence-corrected chi connectivity index (χ0v) is 9.53. The van der Waals surface area contributed by atoms with Crippen molar-refractivity contribution in [1.29, 1.82) is 0 Å². The number of nitrogens with zero attached hydrogens (tertiary/aromatic N) is 2. The number of hydrogen-bond donors (Lipinski definition) is 1. The zero-order chi connectivity index (χ0) is 10.8. The molecule has 1 aromatic rings. The Balaban J connectivity index is 2.18. The molecule has 15 heavy (non-hydrogen) atoms. The lowest BCUT2D eigenvalue weighted by molar-refractivity contribution is 0.312. The van der Waals surface area contributed by atoms with E-state index in [2.05, 4.69) is 35.9 Å². The summed E-state index contributed by atoms with van der Waals surface area (Å²) >= 11 is 0. The highest BCUT2D eigenvalue weighted by atomic mass is 15.2. The summed E-state index contributed by atoms with van der Waals surface area (Å²) in [4.78, 5) is 4.78. The summed E-state index contributed by atoms with van der Waals surface area (Å²) in [6, 6.07) is 6.15. The number of benzene rings is 1. The van der Waals surface area contributed by atoms with Crippen molar-refractivity contribution in [3.8, 4) is 0 Å². The second-order valence-electron chi connectivity index (χ2n) is 4.34. The SMILES string of the molecule is Cc1ccc(N)cc1N1CCN(C)CC1. The predicted octanol–water partition coefficient (Wildman–Crippen LogP) is 1.33. The van der Waals surface area contributed by atoms with Gasteiger partial charge in [0, 0.05) is 37.6 Å². The Morgan fingerprint density at radius 3 is 2.47 bits per heavy atom. The van der Waals surface area contributed by atoms with Gasteiger partial charge in [-0.3, -0.25) is 0 Å². The van der Waals surface area contributed by atoms with Crippen molar-refractivity contribution < 1.29 is 0 Å². The summed E-state index contributed by atoms with van der Waals surface area (Å²) in [7, 11) is 2.17. The Bertz CT molecular complexity index is 341. The third-order valence-electron chi connectivity index (χ3n) is 3.08. The molecule has 1 fully saturated rings. The van der Waals surface area contributed by atoms with Crippen LogP contribution in [0.1, 0.15) is 5.56 Å². The minimum Gasteiger partial charge on any atom is -0.399 e. The van der Waals surface area contributed by atoms with Crippen molar-refractivity contribution in [1.82, 2.24) is 4.90 Å². The molecule has 2 N–H and O–H groups in total. The smallest absolute Gasteiger partial charge is 0.0417 e. The first kappa shape index (κ1) is 10.3. The van der Waals surface area contributed by atoms with Gasteiger partial charge in [0.1, 0.15) is 0 Å². The van der Waals surface area contributed by atoms with E-state index in [0.717, 1.165) is 31.9 Å². The fourth-order valence-corrected chi connectivity index (χ4v) is 2.01. The molecule has 82 valence electrons. The standard InChI is InChI=1S/C12H19N3/c1-10-3-4-11(13)9-12(10)15-7-5-14(2)6-8-15/h3-4,9H,5-8,13H2,1-2H3. The summed E-state index contributed by atoms with van der Waals surface area (Å²) in [6.07, 6.45) is 0. The average molecular weight is 205 g/mol. The normalized spacial score (nSPS) is 18.1. The second kappa shape index (κ2) is 4.11. The number of hydrogen-bond acceptors (Lipinski definition) is 3. The number of piperazine rings is 1. The lowest BCUT2D eigenvalue weighted by atomic mass is 10.1. The maximum absolute atomic E-state index is 5.82. The Morgan fingerprint density at radius 2 is 1.80 bits per heavy atom.